The molecule has 0 radical (unpaired) electrons. The molecule has 0 amide bonds. The first kappa shape index (κ1) is 22.9. The standard InChI is InChI=1S/C30H30FNO4/c1-32-12-13-35-29-15-21(7-10-26(29)32)20-6-9-23(25(31)14-20)27-11-8-19-4-5-22(16-28(19)36-27)24(17-30(33)34)18-2-3-18/h4-7,9-10,14-16,18,24,27H,2-3,8,11-13,17H2,1H3,(H,33,34)/t24-,27?/m0/s1. The van der Waals surface area contributed by atoms with Crippen molar-refractivity contribution in [1.29, 1.82) is 0 Å². The van der Waals surface area contributed by atoms with Gasteiger partial charge < -0.3 is 19.5 Å². The number of ether oxygens (including phenoxy) is 2. The largest absolute Gasteiger partial charge is 0.490 e. The number of anilines is 1. The van der Waals surface area contributed by atoms with Gasteiger partial charge in [-0.05, 0) is 84.0 Å². The highest BCUT2D eigenvalue weighted by molar-refractivity contribution is 5.72. The minimum atomic E-state index is -0.775. The predicted molar refractivity (Wildman–Crippen MR) is 136 cm³/mol. The third-order valence-corrected chi connectivity index (χ3v) is 7.79. The monoisotopic (exact) mass is 487 g/mol. The number of likely N-dealkylation sites (N-methyl/N-ethyl adjacent to an activating group) is 1. The van der Waals surface area contributed by atoms with E-state index in [1.807, 2.05) is 55.6 Å². The van der Waals surface area contributed by atoms with E-state index in [2.05, 4.69) is 4.90 Å². The van der Waals surface area contributed by atoms with Gasteiger partial charge in [0.1, 0.15) is 30.0 Å². The number of rotatable bonds is 6. The van der Waals surface area contributed by atoms with Crippen molar-refractivity contribution in [3.05, 3.63) is 77.1 Å². The molecule has 1 unspecified atom stereocenters. The maximum Gasteiger partial charge on any atom is 0.303 e. The second-order valence-corrected chi connectivity index (χ2v) is 10.2. The first-order chi connectivity index (χ1) is 17.5. The van der Waals surface area contributed by atoms with E-state index in [1.165, 1.54) is 0 Å². The van der Waals surface area contributed by atoms with Crippen LogP contribution in [0.3, 0.4) is 0 Å². The third-order valence-electron chi connectivity index (χ3n) is 7.79. The van der Waals surface area contributed by atoms with Crippen molar-refractivity contribution in [2.45, 2.75) is 44.1 Å². The molecule has 186 valence electrons. The van der Waals surface area contributed by atoms with Gasteiger partial charge in [0.05, 0.1) is 18.7 Å². The van der Waals surface area contributed by atoms with Gasteiger partial charge >= 0.3 is 5.97 Å². The van der Waals surface area contributed by atoms with E-state index in [9.17, 15) is 9.90 Å². The van der Waals surface area contributed by atoms with E-state index in [4.69, 9.17) is 9.47 Å². The SMILES string of the molecule is CN1CCOc2cc(-c3ccc(C4CCc5ccc([C@@H](CC(=O)O)C6CC6)cc5O4)c(F)c3)ccc21. The van der Waals surface area contributed by atoms with Crippen LogP contribution in [0, 0.1) is 11.7 Å². The van der Waals surface area contributed by atoms with Crippen LogP contribution in [0.1, 0.15) is 54.4 Å². The molecule has 0 saturated heterocycles. The number of hydrogen-bond acceptors (Lipinski definition) is 4. The number of halogens is 1. The Labute approximate surface area is 210 Å². The summed E-state index contributed by atoms with van der Waals surface area (Å²) in [6, 6.07) is 17.4. The summed E-state index contributed by atoms with van der Waals surface area (Å²) in [6.45, 7) is 1.49. The second kappa shape index (κ2) is 9.16. The minimum absolute atomic E-state index is 0.00758. The number of hydrogen-bond donors (Lipinski definition) is 1. The summed E-state index contributed by atoms with van der Waals surface area (Å²) >= 11 is 0. The van der Waals surface area contributed by atoms with Crippen LogP contribution in [-0.2, 0) is 11.2 Å². The van der Waals surface area contributed by atoms with Crippen molar-refractivity contribution in [1.82, 2.24) is 0 Å². The molecule has 2 heterocycles. The summed E-state index contributed by atoms with van der Waals surface area (Å²) in [5, 5.41) is 9.37. The van der Waals surface area contributed by atoms with E-state index in [0.717, 1.165) is 65.2 Å². The fourth-order valence-electron chi connectivity index (χ4n) is 5.58. The zero-order valence-corrected chi connectivity index (χ0v) is 20.4. The Kier molecular flexibility index (Phi) is 5.82. The highest BCUT2D eigenvalue weighted by Crippen LogP contribution is 2.46. The van der Waals surface area contributed by atoms with E-state index in [-0.39, 0.29) is 24.3 Å². The zero-order chi connectivity index (χ0) is 24.8. The predicted octanol–water partition coefficient (Wildman–Crippen LogP) is 6.36. The van der Waals surface area contributed by atoms with Crippen LogP contribution in [-0.4, -0.2) is 31.3 Å². The van der Waals surface area contributed by atoms with Crippen molar-refractivity contribution in [2.24, 2.45) is 5.92 Å². The lowest BCUT2D eigenvalue weighted by molar-refractivity contribution is -0.137. The molecule has 1 fully saturated rings. The Bertz CT molecular complexity index is 1320. The first-order valence-corrected chi connectivity index (χ1v) is 12.8. The van der Waals surface area contributed by atoms with Gasteiger partial charge in [-0.25, -0.2) is 4.39 Å². The van der Waals surface area contributed by atoms with Crippen LogP contribution in [0.25, 0.3) is 11.1 Å². The number of fused-ring (bicyclic) bond motifs is 2. The molecule has 3 aromatic rings. The van der Waals surface area contributed by atoms with Gasteiger partial charge in [0, 0.05) is 12.6 Å². The summed E-state index contributed by atoms with van der Waals surface area (Å²) in [5.74, 6) is 0.948. The fourth-order valence-corrected chi connectivity index (χ4v) is 5.58. The van der Waals surface area contributed by atoms with Crippen LogP contribution in [0.4, 0.5) is 10.1 Å². The van der Waals surface area contributed by atoms with E-state index in [1.54, 1.807) is 6.07 Å². The minimum Gasteiger partial charge on any atom is -0.490 e. The summed E-state index contributed by atoms with van der Waals surface area (Å²) < 4.78 is 27.5. The molecule has 0 aromatic heterocycles. The smallest absolute Gasteiger partial charge is 0.303 e. The first-order valence-electron chi connectivity index (χ1n) is 12.8. The molecule has 2 atom stereocenters. The molecule has 0 bridgehead atoms. The summed E-state index contributed by atoms with van der Waals surface area (Å²) in [6.07, 6.45) is 3.40. The van der Waals surface area contributed by atoms with Gasteiger partial charge in [0.15, 0.2) is 0 Å². The number of aliphatic carboxylic acids is 1. The number of benzene rings is 3. The lowest BCUT2D eigenvalue weighted by Gasteiger charge is -2.28. The number of carbonyl (C=O) groups is 1. The lowest BCUT2D eigenvalue weighted by atomic mass is 9.88. The molecule has 5 nitrogen and oxygen atoms in total. The van der Waals surface area contributed by atoms with Gasteiger partial charge in [0.25, 0.3) is 0 Å². The summed E-state index contributed by atoms with van der Waals surface area (Å²) in [7, 11) is 2.04. The Hall–Kier alpha value is -3.54. The van der Waals surface area contributed by atoms with Gasteiger partial charge in [-0.2, -0.15) is 0 Å². The van der Waals surface area contributed by atoms with Crippen molar-refractivity contribution >= 4 is 11.7 Å². The van der Waals surface area contributed by atoms with Gasteiger partial charge in [-0.3, -0.25) is 4.79 Å². The quantitative estimate of drug-likeness (QED) is 0.439. The van der Waals surface area contributed by atoms with Crippen LogP contribution in [0.15, 0.2) is 54.6 Å². The molecular weight excluding hydrogens is 457 g/mol. The molecule has 36 heavy (non-hydrogen) atoms. The zero-order valence-electron chi connectivity index (χ0n) is 20.4. The molecule has 6 rings (SSSR count). The normalized spacial score (nSPS) is 19.5. The molecule has 1 aliphatic carbocycles. The van der Waals surface area contributed by atoms with Crippen LogP contribution >= 0.6 is 0 Å². The molecule has 2 aliphatic heterocycles. The molecule has 3 aliphatic rings. The Morgan fingerprint density at radius 3 is 2.64 bits per heavy atom. The van der Waals surface area contributed by atoms with Crippen molar-refractivity contribution in [3.8, 4) is 22.6 Å². The molecule has 6 heteroatoms. The maximum atomic E-state index is 15.4. The Morgan fingerprint density at radius 2 is 1.86 bits per heavy atom. The van der Waals surface area contributed by atoms with Crippen LogP contribution < -0.4 is 14.4 Å². The Morgan fingerprint density at radius 1 is 1.06 bits per heavy atom. The molecule has 0 spiro atoms. The Balaban J connectivity index is 1.24. The molecule has 1 saturated carbocycles. The van der Waals surface area contributed by atoms with Crippen LogP contribution in [0.2, 0.25) is 0 Å². The maximum absolute atomic E-state index is 15.4. The van der Waals surface area contributed by atoms with E-state index >= 15 is 4.39 Å². The molecule has 3 aromatic carbocycles. The van der Waals surface area contributed by atoms with Crippen LogP contribution in [0.5, 0.6) is 11.5 Å². The van der Waals surface area contributed by atoms with Gasteiger partial charge in [-0.1, -0.05) is 30.3 Å². The summed E-state index contributed by atoms with van der Waals surface area (Å²) in [5.41, 5.74) is 5.41. The average Bonchev–Trinajstić information content (AvgIpc) is 3.72. The lowest BCUT2D eigenvalue weighted by Crippen LogP contribution is -2.28. The highest BCUT2D eigenvalue weighted by Gasteiger charge is 2.34. The number of carboxylic acids is 1. The van der Waals surface area contributed by atoms with Gasteiger partial charge in [-0.15, -0.1) is 0 Å². The van der Waals surface area contributed by atoms with Crippen molar-refractivity contribution < 1.29 is 23.8 Å². The third kappa shape index (κ3) is 4.41. The fraction of sp³-hybridized carbons (Fsp3) is 0.367. The molecule has 1 N–H and O–H groups in total. The van der Waals surface area contributed by atoms with E-state index < -0.39 is 5.97 Å². The number of carboxylic acid groups (broad SMARTS) is 1. The second-order valence-electron chi connectivity index (χ2n) is 10.2. The molecular formula is C30H30FNO4. The number of aryl methyl sites for hydroxylation is 1. The van der Waals surface area contributed by atoms with Gasteiger partial charge in [0.2, 0.25) is 0 Å². The van der Waals surface area contributed by atoms with Crippen molar-refractivity contribution in [2.75, 3.05) is 25.1 Å². The van der Waals surface area contributed by atoms with Crippen molar-refractivity contribution in [3.63, 3.8) is 0 Å². The summed E-state index contributed by atoms with van der Waals surface area (Å²) in [4.78, 5) is 13.6. The topological polar surface area (TPSA) is 59.0 Å². The number of nitrogens with zero attached hydrogens (tertiary/aromatic N) is 1. The van der Waals surface area contributed by atoms with E-state index in [0.29, 0.717) is 24.5 Å². The average molecular weight is 488 g/mol. The highest BCUT2D eigenvalue weighted by atomic mass is 19.1.